The first-order valence-electron chi connectivity index (χ1n) is 10.1. The molecule has 7 heteroatoms. The van der Waals surface area contributed by atoms with Gasteiger partial charge in [-0.2, -0.15) is 0 Å². The molecule has 2 amide bonds. The summed E-state index contributed by atoms with van der Waals surface area (Å²) in [6, 6.07) is 7.95. The third-order valence-corrected chi connectivity index (χ3v) is 6.10. The van der Waals surface area contributed by atoms with Crippen molar-refractivity contribution in [2.45, 2.75) is 50.7 Å². The molecule has 0 spiro atoms. The third kappa shape index (κ3) is 3.17. The van der Waals surface area contributed by atoms with E-state index in [4.69, 9.17) is 0 Å². The van der Waals surface area contributed by atoms with Gasteiger partial charge in [-0.3, -0.25) is 9.59 Å². The number of carbonyl (C=O) groups is 2. The number of aromatic nitrogens is 2. The van der Waals surface area contributed by atoms with Crippen molar-refractivity contribution >= 4 is 22.8 Å². The molecule has 1 aromatic carbocycles. The Hall–Kier alpha value is -2.41. The maximum absolute atomic E-state index is 13.4. The zero-order valence-corrected chi connectivity index (χ0v) is 16.9. The van der Waals surface area contributed by atoms with Gasteiger partial charge in [0.15, 0.2) is 5.82 Å². The molecule has 0 bridgehead atoms. The van der Waals surface area contributed by atoms with Gasteiger partial charge in [0.1, 0.15) is 5.54 Å². The van der Waals surface area contributed by atoms with Gasteiger partial charge in [-0.25, -0.2) is 4.98 Å². The van der Waals surface area contributed by atoms with Crippen molar-refractivity contribution in [3.63, 3.8) is 0 Å². The van der Waals surface area contributed by atoms with E-state index in [1.54, 1.807) is 4.90 Å². The van der Waals surface area contributed by atoms with Crippen LogP contribution < -0.4 is 5.32 Å². The summed E-state index contributed by atoms with van der Waals surface area (Å²) in [4.78, 5) is 35.1. The normalized spacial score (nSPS) is 22.9. The molecular formula is C21H29N5O2. The van der Waals surface area contributed by atoms with Crippen LogP contribution >= 0.6 is 0 Å². The van der Waals surface area contributed by atoms with Gasteiger partial charge in [-0.15, -0.1) is 0 Å². The predicted octanol–water partition coefficient (Wildman–Crippen LogP) is 1.87. The highest BCUT2D eigenvalue weighted by molar-refractivity contribution is 6.01. The molecule has 1 aromatic heterocycles. The standard InChI is InChI=1S/C21H29N5O2/c1-21(20(28)22-15-8-4-5-9-15)14-25-17-11-7-6-10-16(17)23-18(25)19(27)26(21)13-12-24(2)3/h6-7,10-11,15H,4-5,8-9,12-14H2,1-3H3,(H,22,28). The average Bonchev–Trinajstić information content (AvgIpc) is 3.29. The van der Waals surface area contributed by atoms with E-state index in [0.29, 0.717) is 25.5 Å². The monoisotopic (exact) mass is 383 g/mol. The molecule has 1 unspecified atom stereocenters. The summed E-state index contributed by atoms with van der Waals surface area (Å²) in [5.41, 5.74) is 0.753. The Balaban J connectivity index is 1.72. The Morgan fingerprint density at radius 1 is 1.29 bits per heavy atom. The fraction of sp³-hybridized carbons (Fsp3) is 0.571. The fourth-order valence-corrected chi connectivity index (χ4v) is 4.39. The summed E-state index contributed by atoms with van der Waals surface area (Å²) in [7, 11) is 3.94. The van der Waals surface area contributed by atoms with E-state index in [-0.39, 0.29) is 17.9 Å². The number of para-hydroxylation sites is 2. The number of carbonyl (C=O) groups excluding carboxylic acids is 2. The van der Waals surface area contributed by atoms with Gasteiger partial charge < -0.3 is 19.7 Å². The van der Waals surface area contributed by atoms with Gasteiger partial charge in [-0.1, -0.05) is 25.0 Å². The minimum Gasteiger partial charge on any atom is -0.351 e. The van der Waals surface area contributed by atoms with E-state index >= 15 is 0 Å². The molecule has 1 fully saturated rings. The highest BCUT2D eigenvalue weighted by Crippen LogP contribution is 2.31. The number of hydrogen-bond acceptors (Lipinski definition) is 4. The van der Waals surface area contributed by atoms with Crippen LogP contribution in [-0.4, -0.2) is 69.9 Å². The number of nitrogens with one attached hydrogen (secondary N) is 1. The number of fused-ring (bicyclic) bond motifs is 3. The summed E-state index contributed by atoms with van der Waals surface area (Å²) < 4.78 is 1.91. The fourth-order valence-electron chi connectivity index (χ4n) is 4.39. The number of amides is 2. The van der Waals surface area contributed by atoms with E-state index in [1.165, 1.54) is 0 Å². The number of rotatable bonds is 5. The van der Waals surface area contributed by atoms with Crippen molar-refractivity contribution < 1.29 is 9.59 Å². The number of hydrogen-bond donors (Lipinski definition) is 1. The van der Waals surface area contributed by atoms with Crippen LogP contribution in [0, 0.1) is 0 Å². The van der Waals surface area contributed by atoms with Crippen molar-refractivity contribution in [2.24, 2.45) is 0 Å². The molecule has 0 radical (unpaired) electrons. The second-order valence-corrected chi connectivity index (χ2v) is 8.50. The number of likely N-dealkylation sites (N-methyl/N-ethyl adjacent to an activating group) is 1. The Morgan fingerprint density at radius 3 is 2.71 bits per heavy atom. The zero-order valence-electron chi connectivity index (χ0n) is 16.9. The molecule has 7 nitrogen and oxygen atoms in total. The molecule has 28 heavy (non-hydrogen) atoms. The van der Waals surface area contributed by atoms with Gasteiger partial charge in [0, 0.05) is 19.1 Å². The quantitative estimate of drug-likeness (QED) is 0.856. The van der Waals surface area contributed by atoms with Crippen LogP contribution in [0.15, 0.2) is 24.3 Å². The SMILES string of the molecule is CN(C)CCN1C(=O)c2nc3ccccc3n2CC1(C)C(=O)NC1CCCC1. The lowest BCUT2D eigenvalue weighted by atomic mass is 9.94. The van der Waals surface area contributed by atoms with Crippen LogP contribution in [0.1, 0.15) is 43.2 Å². The van der Waals surface area contributed by atoms with Gasteiger partial charge >= 0.3 is 0 Å². The van der Waals surface area contributed by atoms with Crippen molar-refractivity contribution in [1.29, 1.82) is 0 Å². The van der Waals surface area contributed by atoms with Gasteiger partial charge in [-0.05, 0) is 46.0 Å². The lowest BCUT2D eigenvalue weighted by Gasteiger charge is -2.44. The van der Waals surface area contributed by atoms with Crippen molar-refractivity contribution in [3.05, 3.63) is 30.1 Å². The molecular weight excluding hydrogens is 354 g/mol. The van der Waals surface area contributed by atoms with Crippen molar-refractivity contribution in [3.8, 4) is 0 Å². The Labute approximate surface area is 165 Å². The maximum atomic E-state index is 13.4. The molecule has 2 aromatic rings. The van der Waals surface area contributed by atoms with E-state index in [0.717, 1.165) is 36.7 Å². The summed E-state index contributed by atoms with van der Waals surface area (Å²) in [6.45, 7) is 3.49. The molecule has 1 saturated carbocycles. The number of imidazole rings is 1. The second-order valence-electron chi connectivity index (χ2n) is 8.50. The van der Waals surface area contributed by atoms with Crippen LogP contribution in [0.25, 0.3) is 11.0 Å². The average molecular weight is 383 g/mol. The lowest BCUT2D eigenvalue weighted by Crippen LogP contribution is -2.65. The molecule has 150 valence electrons. The molecule has 1 N–H and O–H groups in total. The van der Waals surface area contributed by atoms with E-state index < -0.39 is 5.54 Å². The number of benzene rings is 1. The highest BCUT2D eigenvalue weighted by atomic mass is 16.2. The molecule has 2 heterocycles. The second kappa shape index (κ2) is 7.20. The molecule has 1 aliphatic carbocycles. The predicted molar refractivity (Wildman–Crippen MR) is 108 cm³/mol. The van der Waals surface area contributed by atoms with E-state index in [9.17, 15) is 9.59 Å². The number of nitrogens with zero attached hydrogens (tertiary/aromatic N) is 4. The van der Waals surface area contributed by atoms with Crippen LogP contribution in [0.5, 0.6) is 0 Å². The van der Waals surface area contributed by atoms with Crippen molar-refractivity contribution in [1.82, 2.24) is 24.7 Å². The topological polar surface area (TPSA) is 70.5 Å². The van der Waals surface area contributed by atoms with Crippen LogP contribution in [0.4, 0.5) is 0 Å². The first kappa shape index (κ1) is 18.9. The first-order valence-corrected chi connectivity index (χ1v) is 10.1. The van der Waals surface area contributed by atoms with Crippen LogP contribution in [-0.2, 0) is 11.3 Å². The molecule has 2 aliphatic rings. The van der Waals surface area contributed by atoms with Gasteiger partial charge in [0.2, 0.25) is 5.91 Å². The Kier molecular flexibility index (Phi) is 4.87. The van der Waals surface area contributed by atoms with E-state index in [2.05, 4.69) is 10.3 Å². The molecule has 1 aliphatic heterocycles. The summed E-state index contributed by atoms with van der Waals surface area (Å²) >= 11 is 0. The minimum absolute atomic E-state index is 0.0602. The van der Waals surface area contributed by atoms with Gasteiger partial charge in [0.25, 0.3) is 5.91 Å². The summed E-state index contributed by atoms with van der Waals surface area (Å²) in [5, 5.41) is 3.22. The van der Waals surface area contributed by atoms with Crippen LogP contribution in [0.2, 0.25) is 0 Å². The summed E-state index contributed by atoms with van der Waals surface area (Å²) in [5.74, 6) is 0.189. The smallest absolute Gasteiger partial charge is 0.290 e. The highest BCUT2D eigenvalue weighted by Gasteiger charge is 2.48. The molecule has 4 rings (SSSR count). The van der Waals surface area contributed by atoms with Crippen LogP contribution in [0.3, 0.4) is 0 Å². The first-order chi connectivity index (χ1) is 13.4. The zero-order chi connectivity index (χ0) is 19.9. The molecule has 1 atom stereocenters. The molecule has 0 saturated heterocycles. The summed E-state index contributed by atoms with van der Waals surface area (Å²) in [6.07, 6.45) is 4.35. The van der Waals surface area contributed by atoms with E-state index in [1.807, 2.05) is 54.8 Å². The maximum Gasteiger partial charge on any atom is 0.290 e. The van der Waals surface area contributed by atoms with Gasteiger partial charge in [0.05, 0.1) is 17.6 Å². The van der Waals surface area contributed by atoms with Crippen molar-refractivity contribution in [2.75, 3.05) is 27.2 Å². The third-order valence-electron chi connectivity index (χ3n) is 6.10. The Bertz CT molecular complexity index is 899. The lowest BCUT2D eigenvalue weighted by molar-refractivity contribution is -0.133. The largest absolute Gasteiger partial charge is 0.351 e. The minimum atomic E-state index is -0.938. The Morgan fingerprint density at radius 2 is 2.00 bits per heavy atom.